The minimum Gasteiger partial charge on any atom is -0.354 e. The fourth-order valence-corrected chi connectivity index (χ4v) is 2.85. The molecule has 0 aromatic heterocycles. The molecule has 0 atom stereocenters. The molecule has 1 heterocycles. The first-order chi connectivity index (χ1) is 10.2. The first-order valence-corrected chi connectivity index (χ1v) is 8.24. The molecular formula is C15H28IN5O. The molecule has 2 saturated carbocycles. The number of amides is 1. The van der Waals surface area contributed by atoms with E-state index in [1.54, 1.807) is 0 Å². The van der Waals surface area contributed by atoms with E-state index in [2.05, 4.69) is 25.4 Å². The molecule has 3 fully saturated rings. The quantitative estimate of drug-likeness (QED) is 0.397. The summed E-state index contributed by atoms with van der Waals surface area (Å²) in [5.74, 6) is 1.21. The van der Waals surface area contributed by atoms with E-state index in [0.29, 0.717) is 18.6 Å². The maximum absolute atomic E-state index is 11.8. The predicted octanol–water partition coefficient (Wildman–Crippen LogP) is 0.628. The highest BCUT2D eigenvalue weighted by Crippen LogP contribution is 2.19. The number of aliphatic imine (C=N–C) groups is 1. The third-order valence-electron chi connectivity index (χ3n) is 4.63. The van der Waals surface area contributed by atoms with E-state index < -0.39 is 0 Å². The van der Waals surface area contributed by atoms with Crippen molar-refractivity contribution in [2.24, 2.45) is 4.99 Å². The fraction of sp³-hybridized carbons (Fsp3) is 0.867. The molecule has 1 saturated heterocycles. The Morgan fingerprint density at radius 3 is 2.18 bits per heavy atom. The summed E-state index contributed by atoms with van der Waals surface area (Å²) in [7, 11) is 1.86. The van der Waals surface area contributed by atoms with Gasteiger partial charge in [0.15, 0.2) is 5.96 Å². The molecule has 0 bridgehead atoms. The number of nitrogens with zero attached hydrogens (tertiary/aromatic N) is 3. The summed E-state index contributed by atoms with van der Waals surface area (Å²) in [5, 5.41) is 6.60. The van der Waals surface area contributed by atoms with Crippen molar-refractivity contribution in [3.05, 3.63) is 0 Å². The predicted molar refractivity (Wildman–Crippen MR) is 98.7 cm³/mol. The number of rotatable bonds is 4. The van der Waals surface area contributed by atoms with Crippen LogP contribution in [0.5, 0.6) is 0 Å². The Labute approximate surface area is 150 Å². The summed E-state index contributed by atoms with van der Waals surface area (Å²) >= 11 is 0. The van der Waals surface area contributed by atoms with Gasteiger partial charge < -0.3 is 15.5 Å². The highest BCUT2D eigenvalue weighted by molar-refractivity contribution is 14.0. The van der Waals surface area contributed by atoms with Crippen LogP contribution in [-0.4, -0.2) is 73.5 Å². The second kappa shape index (κ2) is 8.33. The highest BCUT2D eigenvalue weighted by atomic mass is 127. The topological polar surface area (TPSA) is 60.0 Å². The number of hydrogen-bond acceptors (Lipinski definition) is 3. The average molecular weight is 421 g/mol. The maximum atomic E-state index is 11.8. The zero-order chi connectivity index (χ0) is 14.7. The number of nitrogens with one attached hydrogen (secondary N) is 2. The van der Waals surface area contributed by atoms with Crippen molar-refractivity contribution in [1.29, 1.82) is 0 Å². The standard InChI is InChI=1S/C15H27N5O.HI/c1-16-15(18-12-3-2-4-12)20-9-7-19(8-10-20)11-14(21)17-13-5-6-13;/h12-13H,2-11H2,1H3,(H,16,18)(H,17,21);1H. The van der Waals surface area contributed by atoms with Crippen LogP contribution in [0, 0.1) is 0 Å². The third-order valence-corrected chi connectivity index (χ3v) is 4.63. The lowest BCUT2D eigenvalue weighted by atomic mass is 9.93. The van der Waals surface area contributed by atoms with Gasteiger partial charge in [-0.3, -0.25) is 14.7 Å². The monoisotopic (exact) mass is 421 g/mol. The summed E-state index contributed by atoms with van der Waals surface area (Å²) in [6.07, 6.45) is 6.17. The lowest BCUT2D eigenvalue weighted by Crippen LogP contribution is -2.56. The van der Waals surface area contributed by atoms with E-state index in [9.17, 15) is 4.79 Å². The Morgan fingerprint density at radius 2 is 1.68 bits per heavy atom. The van der Waals surface area contributed by atoms with E-state index in [0.717, 1.165) is 45.0 Å². The van der Waals surface area contributed by atoms with E-state index >= 15 is 0 Å². The fourth-order valence-electron chi connectivity index (χ4n) is 2.85. The van der Waals surface area contributed by atoms with Gasteiger partial charge in [0.2, 0.25) is 5.91 Å². The van der Waals surface area contributed by atoms with Crippen LogP contribution in [0.2, 0.25) is 0 Å². The van der Waals surface area contributed by atoms with Gasteiger partial charge in [0.25, 0.3) is 0 Å². The number of halogens is 1. The molecule has 22 heavy (non-hydrogen) atoms. The Balaban J connectivity index is 0.00000176. The molecule has 0 aromatic rings. The minimum absolute atomic E-state index is 0. The zero-order valence-corrected chi connectivity index (χ0v) is 15.7. The normalized spacial score (nSPS) is 23.5. The van der Waals surface area contributed by atoms with Crippen molar-refractivity contribution in [3.63, 3.8) is 0 Å². The molecule has 0 unspecified atom stereocenters. The summed E-state index contributed by atoms with van der Waals surface area (Å²) in [4.78, 5) is 20.8. The average Bonchev–Trinajstić information content (AvgIpc) is 3.23. The Hall–Kier alpha value is -0.570. The molecule has 0 aromatic carbocycles. The number of piperazine rings is 1. The number of guanidine groups is 1. The van der Waals surface area contributed by atoms with Crippen LogP contribution in [0.3, 0.4) is 0 Å². The first kappa shape index (κ1) is 17.8. The summed E-state index contributed by atoms with van der Waals surface area (Å²) in [6.45, 7) is 4.30. The molecule has 0 radical (unpaired) electrons. The van der Waals surface area contributed by atoms with Gasteiger partial charge in [0.1, 0.15) is 0 Å². The molecule has 1 aliphatic heterocycles. The number of carbonyl (C=O) groups excluding carboxylic acids is 1. The van der Waals surface area contributed by atoms with Crippen molar-refractivity contribution < 1.29 is 4.79 Å². The van der Waals surface area contributed by atoms with Gasteiger partial charge in [-0.2, -0.15) is 0 Å². The van der Waals surface area contributed by atoms with Crippen LogP contribution in [0.4, 0.5) is 0 Å². The van der Waals surface area contributed by atoms with Gasteiger partial charge >= 0.3 is 0 Å². The van der Waals surface area contributed by atoms with Crippen molar-refractivity contribution >= 4 is 35.8 Å². The molecule has 1 amide bonds. The minimum atomic E-state index is 0. The van der Waals surface area contributed by atoms with Gasteiger partial charge in [-0.05, 0) is 32.1 Å². The van der Waals surface area contributed by atoms with Crippen LogP contribution in [0.25, 0.3) is 0 Å². The summed E-state index contributed by atoms with van der Waals surface area (Å²) < 4.78 is 0. The second-order valence-corrected chi connectivity index (χ2v) is 6.42. The molecule has 2 N–H and O–H groups in total. The van der Waals surface area contributed by atoms with E-state index in [1.165, 1.54) is 19.3 Å². The maximum Gasteiger partial charge on any atom is 0.234 e. The summed E-state index contributed by atoms with van der Waals surface area (Å²) in [5.41, 5.74) is 0. The van der Waals surface area contributed by atoms with Crippen LogP contribution in [0.1, 0.15) is 32.1 Å². The SMILES string of the molecule is CN=C(NC1CCC1)N1CCN(CC(=O)NC2CC2)CC1.I. The van der Waals surface area contributed by atoms with Crippen molar-refractivity contribution in [2.75, 3.05) is 39.8 Å². The Kier molecular flexibility index (Phi) is 6.73. The molecule has 3 aliphatic rings. The molecular weight excluding hydrogens is 393 g/mol. The molecule has 2 aliphatic carbocycles. The van der Waals surface area contributed by atoms with E-state index in [-0.39, 0.29) is 29.9 Å². The third kappa shape index (κ3) is 4.97. The van der Waals surface area contributed by atoms with Crippen LogP contribution in [-0.2, 0) is 4.79 Å². The first-order valence-electron chi connectivity index (χ1n) is 8.24. The van der Waals surface area contributed by atoms with Crippen LogP contribution in [0.15, 0.2) is 4.99 Å². The van der Waals surface area contributed by atoms with E-state index in [1.807, 2.05) is 7.05 Å². The summed E-state index contributed by atoms with van der Waals surface area (Å²) in [6, 6.07) is 1.08. The molecule has 126 valence electrons. The number of hydrogen-bond donors (Lipinski definition) is 2. The van der Waals surface area contributed by atoms with Gasteiger partial charge in [-0.15, -0.1) is 24.0 Å². The van der Waals surface area contributed by atoms with Crippen molar-refractivity contribution in [3.8, 4) is 0 Å². The molecule has 3 rings (SSSR count). The zero-order valence-electron chi connectivity index (χ0n) is 13.4. The molecule has 0 spiro atoms. The Bertz CT molecular complexity index is 401. The van der Waals surface area contributed by atoms with Gasteiger partial charge in [0.05, 0.1) is 6.54 Å². The second-order valence-electron chi connectivity index (χ2n) is 6.42. The Morgan fingerprint density at radius 1 is 1.05 bits per heavy atom. The van der Waals surface area contributed by atoms with Crippen molar-refractivity contribution in [2.45, 2.75) is 44.2 Å². The van der Waals surface area contributed by atoms with Crippen molar-refractivity contribution in [1.82, 2.24) is 20.4 Å². The smallest absolute Gasteiger partial charge is 0.234 e. The van der Waals surface area contributed by atoms with Crippen LogP contribution < -0.4 is 10.6 Å². The van der Waals surface area contributed by atoms with Gasteiger partial charge in [0, 0.05) is 45.3 Å². The lowest BCUT2D eigenvalue weighted by Gasteiger charge is -2.38. The number of carbonyl (C=O) groups is 1. The largest absolute Gasteiger partial charge is 0.354 e. The van der Waals surface area contributed by atoms with Crippen LogP contribution >= 0.6 is 24.0 Å². The van der Waals surface area contributed by atoms with Gasteiger partial charge in [-0.1, -0.05) is 0 Å². The van der Waals surface area contributed by atoms with Gasteiger partial charge in [-0.25, -0.2) is 0 Å². The highest BCUT2D eigenvalue weighted by Gasteiger charge is 2.27. The lowest BCUT2D eigenvalue weighted by molar-refractivity contribution is -0.122. The molecule has 7 heteroatoms. The molecule has 6 nitrogen and oxygen atoms in total. The van der Waals surface area contributed by atoms with E-state index in [4.69, 9.17) is 0 Å².